The zero-order valence-electron chi connectivity index (χ0n) is 20.5. The van der Waals surface area contributed by atoms with Crippen molar-refractivity contribution in [3.8, 4) is 0 Å². The number of alkyl carbamates (subject to hydrolysis) is 1. The molecule has 2 aliphatic rings. The summed E-state index contributed by atoms with van der Waals surface area (Å²) in [6.45, 7) is 5.97. The van der Waals surface area contributed by atoms with Crippen molar-refractivity contribution >= 4 is 12.1 Å². The average Bonchev–Trinajstić information content (AvgIpc) is 3.16. The number of carbonyl (C=O) groups is 2. The Hall–Kier alpha value is -3.13. The van der Waals surface area contributed by atoms with E-state index in [1.54, 1.807) is 37.8 Å². The van der Waals surface area contributed by atoms with Gasteiger partial charge in [0.1, 0.15) is 11.4 Å². The van der Waals surface area contributed by atoms with Crippen LogP contribution < -0.4 is 10.6 Å². The van der Waals surface area contributed by atoms with Gasteiger partial charge in [-0.25, -0.2) is 14.0 Å². The Labute approximate surface area is 205 Å². The van der Waals surface area contributed by atoms with Gasteiger partial charge in [-0.1, -0.05) is 36.4 Å². The van der Waals surface area contributed by atoms with Crippen molar-refractivity contribution in [3.63, 3.8) is 0 Å². The number of ether oxygens (including phenoxy) is 1. The molecule has 1 heterocycles. The Bertz CT molecular complexity index is 1070. The van der Waals surface area contributed by atoms with Gasteiger partial charge in [0.05, 0.1) is 11.6 Å². The van der Waals surface area contributed by atoms with E-state index in [4.69, 9.17) is 4.74 Å². The molecule has 1 unspecified atom stereocenters. The van der Waals surface area contributed by atoms with Crippen molar-refractivity contribution in [2.75, 3.05) is 13.1 Å². The number of hydrogen-bond acceptors (Lipinski definition) is 4. The largest absolute Gasteiger partial charge is 0.444 e. The molecular formula is C27H34FN3O4. The van der Waals surface area contributed by atoms with Gasteiger partial charge in [0.25, 0.3) is 0 Å². The smallest absolute Gasteiger partial charge is 0.407 e. The highest BCUT2D eigenvalue weighted by molar-refractivity contribution is 5.76. The van der Waals surface area contributed by atoms with Crippen LogP contribution in [0.3, 0.4) is 0 Å². The number of fused-ring (bicyclic) bond motifs is 1. The van der Waals surface area contributed by atoms with Gasteiger partial charge in [-0.05, 0) is 75.3 Å². The van der Waals surface area contributed by atoms with Crippen LogP contribution in [0.15, 0.2) is 48.5 Å². The maximum Gasteiger partial charge on any atom is 0.407 e. The molecule has 188 valence electrons. The Balaban J connectivity index is 1.41. The van der Waals surface area contributed by atoms with Crippen LogP contribution >= 0.6 is 0 Å². The predicted octanol–water partition coefficient (Wildman–Crippen LogP) is 4.29. The van der Waals surface area contributed by atoms with Crippen LogP contribution in [-0.4, -0.2) is 52.5 Å². The molecule has 8 heteroatoms. The summed E-state index contributed by atoms with van der Waals surface area (Å²) >= 11 is 0. The molecule has 1 saturated carbocycles. The SMILES string of the molecule is CC(C)(C)OC(=O)N[C@@H]1CCC(O)(CNC(=O)N2CCc3ccccc3[C@@H]2c2ccc(F)cc2)C1. The summed E-state index contributed by atoms with van der Waals surface area (Å²) in [6, 6.07) is 13.3. The summed E-state index contributed by atoms with van der Waals surface area (Å²) in [5.74, 6) is -0.327. The van der Waals surface area contributed by atoms with Crippen molar-refractivity contribution < 1.29 is 23.8 Å². The minimum absolute atomic E-state index is 0.0760. The van der Waals surface area contributed by atoms with Crippen molar-refractivity contribution in [1.29, 1.82) is 0 Å². The number of aliphatic hydroxyl groups is 1. The van der Waals surface area contributed by atoms with Crippen molar-refractivity contribution in [2.45, 2.75) is 69.7 Å². The maximum atomic E-state index is 13.6. The molecule has 7 nitrogen and oxygen atoms in total. The van der Waals surface area contributed by atoms with E-state index < -0.39 is 17.3 Å². The minimum Gasteiger partial charge on any atom is -0.444 e. The Kier molecular flexibility index (Phi) is 7.03. The van der Waals surface area contributed by atoms with Crippen LogP contribution in [0.2, 0.25) is 0 Å². The molecule has 4 rings (SSSR count). The fourth-order valence-corrected chi connectivity index (χ4v) is 5.00. The number of urea groups is 1. The van der Waals surface area contributed by atoms with Crippen LogP contribution in [0, 0.1) is 5.82 Å². The molecule has 35 heavy (non-hydrogen) atoms. The molecule has 1 aliphatic carbocycles. The molecule has 0 aromatic heterocycles. The Morgan fingerprint density at radius 2 is 1.89 bits per heavy atom. The Morgan fingerprint density at radius 3 is 2.60 bits per heavy atom. The molecule has 2 aromatic carbocycles. The highest BCUT2D eigenvalue weighted by atomic mass is 19.1. The summed E-state index contributed by atoms with van der Waals surface area (Å²) in [5, 5.41) is 16.8. The molecule has 0 radical (unpaired) electrons. The molecule has 3 N–H and O–H groups in total. The summed E-state index contributed by atoms with van der Waals surface area (Å²) in [7, 11) is 0. The first-order valence-electron chi connectivity index (χ1n) is 12.1. The summed E-state index contributed by atoms with van der Waals surface area (Å²) < 4.78 is 18.9. The van der Waals surface area contributed by atoms with Gasteiger partial charge in [0.2, 0.25) is 0 Å². The van der Waals surface area contributed by atoms with Crippen molar-refractivity contribution in [3.05, 3.63) is 71.0 Å². The molecular weight excluding hydrogens is 449 g/mol. The zero-order chi connectivity index (χ0) is 25.2. The number of rotatable bonds is 4. The van der Waals surface area contributed by atoms with E-state index in [0.717, 1.165) is 16.7 Å². The Morgan fingerprint density at radius 1 is 1.17 bits per heavy atom. The number of nitrogens with zero attached hydrogens (tertiary/aromatic N) is 1. The molecule has 2 aromatic rings. The number of amides is 3. The van der Waals surface area contributed by atoms with E-state index in [-0.39, 0.29) is 30.5 Å². The first kappa shape index (κ1) is 25.0. The third-order valence-electron chi connectivity index (χ3n) is 6.60. The molecule has 3 amide bonds. The van der Waals surface area contributed by atoms with E-state index in [1.165, 1.54) is 12.1 Å². The third kappa shape index (κ3) is 6.11. The van der Waals surface area contributed by atoms with Gasteiger partial charge in [-0.15, -0.1) is 0 Å². The molecule has 1 fully saturated rings. The number of hydrogen-bond donors (Lipinski definition) is 3. The third-order valence-corrected chi connectivity index (χ3v) is 6.60. The van der Waals surface area contributed by atoms with E-state index in [0.29, 0.717) is 32.2 Å². The van der Waals surface area contributed by atoms with Gasteiger partial charge in [-0.3, -0.25) is 0 Å². The van der Waals surface area contributed by atoms with Gasteiger partial charge < -0.3 is 25.4 Å². The van der Waals surface area contributed by atoms with E-state index >= 15 is 0 Å². The normalized spacial score (nSPS) is 24.0. The second kappa shape index (κ2) is 9.85. The van der Waals surface area contributed by atoms with Crippen LogP contribution in [0.5, 0.6) is 0 Å². The van der Waals surface area contributed by atoms with Crippen LogP contribution in [0.1, 0.15) is 62.8 Å². The number of carbonyl (C=O) groups excluding carboxylic acids is 2. The lowest BCUT2D eigenvalue weighted by atomic mass is 9.88. The first-order valence-corrected chi connectivity index (χ1v) is 12.1. The number of nitrogens with one attached hydrogen (secondary N) is 2. The van der Waals surface area contributed by atoms with Gasteiger partial charge in [0, 0.05) is 19.1 Å². The standard InChI is InChI=1S/C27H34FN3O4/c1-26(2,3)35-25(33)30-21-12-14-27(34,16-21)17-29-24(32)31-15-13-18-6-4-5-7-22(18)23(31)19-8-10-20(28)11-9-19/h4-11,21,23,34H,12-17H2,1-3H3,(H,29,32)(H,30,33)/t21-,23+,27?/m1/s1. The van der Waals surface area contributed by atoms with E-state index in [1.807, 2.05) is 18.2 Å². The summed E-state index contributed by atoms with van der Waals surface area (Å²) in [4.78, 5) is 27.1. The fourth-order valence-electron chi connectivity index (χ4n) is 5.00. The highest BCUT2D eigenvalue weighted by Crippen LogP contribution is 2.35. The lowest BCUT2D eigenvalue weighted by molar-refractivity contribution is 0.0399. The van der Waals surface area contributed by atoms with Gasteiger partial charge >= 0.3 is 12.1 Å². The fraction of sp³-hybridized carbons (Fsp3) is 0.481. The zero-order valence-corrected chi connectivity index (χ0v) is 20.5. The highest BCUT2D eigenvalue weighted by Gasteiger charge is 2.40. The van der Waals surface area contributed by atoms with Gasteiger partial charge in [-0.2, -0.15) is 0 Å². The number of benzene rings is 2. The molecule has 3 atom stereocenters. The predicted molar refractivity (Wildman–Crippen MR) is 130 cm³/mol. The first-order chi connectivity index (χ1) is 16.5. The number of halogens is 1. The minimum atomic E-state index is -1.12. The lowest BCUT2D eigenvalue weighted by Crippen LogP contribution is -2.50. The van der Waals surface area contributed by atoms with Crippen molar-refractivity contribution in [2.24, 2.45) is 0 Å². The monoisotopic (exact) mass is 483 g/mol. The molecule has 0 bridgehead atoms. The second-order valence-corrected chi connectivity index (χ2v) is 10.6. The molecule has 1 aliphatic heterocycles. The van der Waals surface area contributed by atoms with E-state index in [9.17, 15) is 19.1 Å². The summed E-state index contributed by atoms with van der Waals surface area (Å²) in [5.41, 5.74) is 1.29. The molecule has 0 spiro atoms. The maximum absolute atomic E-state index is 13.6. The molecule has 0 saturated heterocycles. The quantitative estimate of drug-likeness (QED) is 0.605. The second-order valence-electron chi connectivity index (χ2n) is 10.6. The van der Waals surface area contributed by atoms with Crippen LogP contribution in [0.4, 0.5) is 14.0 Å². The van der Waals surface area contributed by atoms with Crippen LogP contribution in [0.25, 0.3) is 0 Å². The topological polar surface area (TPSA) is 90.9 Å². The van der Waals surface area contributed by atoms with E-state index in [2.05, 4.69) is 16.7 Å². The van der Waals surface area contributed by atoms with Crippen molar-refractivity contribution in [1.82, 2.24) is 15.5 Å². The lowest BCUT2D eigenvalue weighted by Gasteiger charge is -2.38. The summed E-state index contributed by atoms with van der Waals surface area (Å²) in [6.07, 6.45) is 1.59. The van der Waals surface area contributed by atoms with Gasteiger partial charge in [0.15, 0.2) is 0 Å². The average molecular weight is 484 g/mol. The van der Waals surface area contributed by atoms with Crippen LogP contribution in [-0.2, 0) is 11.2 Å².